The van der Waals surface area contributed by atoms with Gasteiger partial charge in [0.2, 0.25) is 5.89 Å². The standard InChI is InChI=1S/C15H19N5OS/c1-15(2,3)13-18-19-14(21-13)20(4)9-10-8-11(17-16-10)12-6-5-7-22-12/h5-8H,9H2,1-4H3,(H,16,17). The van der Waals surface area contributed by atoms with Gasteiger partial charge in [-0.25, -0.2) is 0 Å². The molecule has 0 unspecified atom stereocenters. The van der Waals surface area contributed by atoms with E-state index in [1.165, 1.54) is 0 Å². The van der Waals surface area contributed by atoms with Gasteiger partial charge in [0.15, 0.2) is 0 Å². The summed E-state index contributed by atoms with van der Waals surface area (Å²) in [5.41, 5.74) is 1.81. The SMILES string of the molecule is CN(Cc1cc(-c2cccs2)n[nH]1)c1nnc(C(C)(C)C)o1. The summed E-state index contributed by atoms with van der Waals surface area (Å²) in [5, 5.41) is 17.7. The summed E-state index contributed by atoms with van der Waals surface area (Å²) >= 11 is 1.67. The molecule has 3 aromatic rings. The number of rotatable bonds is 4. The first-order valence-corrected chi connectivity index (χ1v) is 7.95. The minimum absolute atomic E-state index is 0.146. The molecule has 3 heterocycles. The van der Waals surface area contributed by atoms with E-state index in [1.54, 1.807) is 11.3 Å². The molecule has 6 nitrogen and oxygen atoms in total. The summed E-state index contributed by atoms with van der Waals surface area (Å²) in [6.45, 7) is 6.77. The number of nitrogens with zero attached hydrogens (tertiary/aromatic N) is 4. The highest BCUT2D eigenvalue weighted by Gasteiger charge is 2.22. The highest BCUT2D eigenvalue weighted by molar-refractivity contribution is 7.13. The molecule has 0 aliphatic carbocycles. The van der Waals surface area contributed by atoms with E-state index in [9.17, 15) is 0 Å². The van der Waals surface area contributed by atoms with Gasteiger partial charge in [0.25, 0.3) is 0 Å². The molecule has 0 radical (unpaired) electrons. The molecule has 0 aliphatic rings. The summed E-state index contributed by atoms with van der Waals surface area (Å²) in [5.74, 6) is 0.637. The van der Waals surface area contributed by atoms with Gasteiger partial charge >= 0.3 is 6.01 Å². The lowest BCUT2D eigenvalue weighted by Crippen LogP contribution is -2.17. The number of hydrogen-bond acceptors (Lipinski definition) is 6. The van der Waals surface area contributed by atoms with Gasteiger partial charge in [0.05, 0.1) is 17.1 Å². The number of nitrogens with one attached hydrogen (secondary N) is 1. The maximum Gasteiger partial charge on any atom is 0.318 e. The number of aromatic amines is 1. The third kappa shape index (κ3) is 3.04. The summed E-state index contributed by atoms with van der Waals surface area (Å²) in [7, 11) is 1.92. The Morgan fingerprint density at radius 1 is 1.32 bits per heavy atom. The highest BCUT2D eigenvalue weighted by Crippen LogP contribution is 2.25. The van der Waals surface area contributed by atoms with Crippen molar-refractivity contribution in [2.75, 3.05) is 11.9 Å². The van der Waals surface area contributed by atoms with Gasteiger partial charge in [0.1, 0.15) is 5.69 Å². The predicted octanol–water partition coefficient (Wildman–Crippen LogP) is 3.46. The maximum atomic E-state index is 5.73. The van der Waals surface area contributed by atoms with E-state index in [0.29, 0.717) is 18.5 Å². The van der Waals surface area contributed by atoms with Crippen LogP contribution in [0.4, 0.5) is 6.01 Å². The predicted molar refractivity (Wildman–Crippen MR) is 87.0 cm³/mol. The van der Waals surface area contributed by atoms with Gasteiger partial charge in [-0.05, 0) is 17.5 Å². The Balaban J connectivity index is 1.72. The maximum absolute atomic E-state index is 5.73. The molecule has 0 atom stereocenters. The molecular formula is C15H19N5OS. The van der Waals surface area contributed by atoms with Crippen LogP contribution in [0.25, 0.3) is 10.6 Å². The molecule has 0 saturated carbocycles. The average Bonchev–Trinajstić information content (AvgIpc) is 3.19. The third-order valence-corrected chi connectivity index (χ3v) is 4.09. The Kier molecular flexibility index (Phi) is 3.74. The van der Waals surface area contributed by atoms with Crippen LogP contribution in [0.5, 0.6) is 0 Å². The molecule has 0 fully saturated rings. The van der Waals surface area contributed by atoms with Gasteiger partial charge in [-0.15, -0.1) is 16.4 Å². The number of H-pyrrole nitrogens is 1. The zero-order valence-corrected chi connectivity index (χ0v) is 13.9. The van der Waals surface area contributed by atoms with Crippen LogP contribution in [0.15, 0.2) is 28.0 Å². The fourth-order valence-electron chi connectivity index (χ4n) is 1.99. The monoisotopic (exact) mass is 317 g/mol. The van der Waals surface area contributed by atoms with Gasteiger partial charge < -0.3 is 9.32 Å². The second-order valence-corrected chi connectivity index (χ2v) is 7.20. The van der Waals surface area contributed by atoms with Crippen molar-refractivity contribution in [2.45, 2.75) is 32.7 Å². The fourth-order valence-corrected chi connectivity index (χ4v) is 2.68. The lowest BCUT2D eigenvalue weighted by molar-refractivity contribution is 0.393. The van der Waals surface area contributed by atoms with Crippen LogP contribution >= 0.6 is 11.3 Å². The first-order chi connectivity index (χ1) is 10.4. The van der Waals surface area contributed by atoms with Crippen LogP contribution in [-0.2, 0) is 12.0 Å². The number of aromatic nitrogens is 4. The van der Waals surface area contributed by atoms with E-state index in [1.807, 2.05) is 50.2 Å². The lowest BCUT2D eigenvalue weighted by atomic mass is 9.97. The van der Waals surface area contributed by atoms with Crippen molar-refractivity contribution in [1.82, 2.24) is 20.4 Å². The summed E-state index contributed by atoms with van der Waals surface area (Å²) < 4.78 is 5.73. The van der Waals surface area contributed by atoms with Crippen molar-refractivity contribution in [3.8, 4) is 10.6 Å². The molecule has 22 heavy (non-hydrogen) atoms. The molecule has 0 spiro atoms. The van der Waals surface area contributed by atoms with Gasteiger partial charge in [-0.3, -0.25) is 5.10 Å². The minimum Gasteiger partial charge on any atom is -0.407 e. The van der Waals surface area contributed by atoms with E-state index in [0.717, 1.165) is 16.3 Å². The molecule has 7 heteroatoms. The molecule has 3 rings (SSSR count). The van der Waals surface area contributed by atoms with Crippen molar-refractivity contribution in [1.29, 1.82) is 0 Å². The molecule has 0 aromatic carbocycles. The molecule has 3 aromatic heterocycles. The summed E-state index contributed by atoms with van der Waals surface area (Å²) in [6.07, 6.45) is 0. The van der Waals surface area contributed by atoms with Gasteiger partial charge in [-0.1, -0.05) is 31.9 Å². The van der Waals surface area contributed by atoms with Crippen molar-refractivity contribution >= 4 is 17.4 Å². The minimum atomic E-state index is -0.146. The van der Waals surface area contributed by atoms with Crippen LogP contribution in [0.2, 0.25) is 0 Å². The Morgan fingerprint density at radius 3 is 2.77 bits per heavy atom. The fraction of sp³-hybridized carbons (Fsp3) is 0.400. The topological polar surface area (TPSA) is 70.8 Å². The average molecular weight is 317 g/mol. The van der Waals surface area contributed by atoms with Crippen LogP contribution in [0.3, 0.4) is 0 Å². The molecular weight excluding hydrogens is 298 g/mol. The molecule has 0 saturated heterocycles. The third-order valence-electron chi connectivity index (χ3n) is 3.19. The van der Waals surface area contributed by atoms with Crippen molar-refractivity contribution in [3.63, 3.8) is 0 Å². The quantitative estimate of drug-likeness (QED) is 0.798. The van der Waals surface area contributed by atoms with E-state index in [2.05, 4.69) is 26.5 Å². The second-order valence-electron chi connectivity index (χ2n) is 6.25. The Hall–Kier alpha value is -2.15. The molecule has 116 valence electrons. The first-order valence-electron chi connectivity index (χ1n) is 7.07. The van der Waals surface area contributed by atoms with E-state index < -0.39 is 0 Å². The van der Waals surface area contributed by atoms with Crippen molar-refractivity contribution < 1.29 is 4.42 Å². The Bertz CT molecular complexity index is 738. The molecule has 1 N–H and O–H groups in total. The van der Waals surface area contributed by atoms with Crippen LogP contribution in [0, 0.1) is 0 Å². The van der Waals surface area contributed by atoms with Crippen LogP contribution in [0.1, 0.15) is 32.4 Å². The van der Waals surface area contributed by atoms with E-state index >= 15 is 0 Å². The second kappa shape index (κ2) is 5.57. The van der Waals surface area contributed by atoms with E-state index in [-0.39, 0.29) is 5.41 Å². The van der Waals surface area contributed by atoms with Crippen molar-refractivity contribution in [3.05, 3.63) is 35.2 Å². The van der Waals surface area contributed by atoms with Gasteiger partial charge in [-0.2, -0.15) is 5.10 Å². The first kappa shape index (κ1) is 14.8. The zero-order chi connectivity index (χ0) is 15.7. The van der Waals surface area contributed by atoms with Gasteiger partial charge in [0, 0.05) is 12.5 Å². The number of anilines is 1. The zero-order valence-electron chi connectivity index (χ0n) is 13.1. The van der Waals surface area contributed by atoms with Crippen molar-refractivity contribution in [2.24, 2.45) is 0 Å². The largest absolute Gasteiger partial charge is 0.407 e. The Labute approximate surface area is 133 Å². The van der Waals surface area contributed by atoms with E-state index in [4.69, 9.17) is 4.42 Å². The molecule has 0 aliphatic heterocycles. The molecule has 0 bridgehead atoms. The summed E-state index contributed by atoms with van der Waals surface area (Å²) in [4.78, 5) is 3.06. The van der Waals surface area contributed by atoms with Crippen LogP contribution < -0.4 is 4.90 Å². The lowest BCUT2D eigenvalue weighted by Gasteiger charge is -2.14. The normalized spacial score (nSPS) is 11.8. The molecule has 0 amide bonds. The highest BCUT2D eigenvalue weighted by atomic mass is 32.1. The van der Waals surface area contributed by atoms with Crippen LogP contribution in [-0.4, -0.2) is 27.4 Å². The number of thiophene rings is 1. The number of hydrogen-bond donors (Lipinski definition) is 1. The smallest absolute Gasteiger partial charge is 0.318 e. The Morgan fingerprint density at radius 2 is 2.14 bits per heavy atom. The summed E-state index contributed by atoms with van der Waals surface area (Å²) in [6, 6.07) is 6.63.